The number of rotatable bonds is 3. The van der Waals surface area contributed by atoms with Crippen molar-refractivity contribution in [1.29, 1.82) is 5.26 Å². The number of ketones is 2. The SMILES string of the molecule is CCc1cc2c(cc1C#N)C(=O)/C(=C\c1cc3oc(-c4c(F)c(P)c(F)c(F)c4I)cc3o1)C2=O. The number of furan rings is 2. The van der Waals surface area contributed by atoms with Crippen LogP contribution >= 0.6 is 31.8 Å². The average molecular weight is 605 g/mol. The first-order valence-corrected chi connectivity index (χ1v) is 11.8. The molecular formula is C25H12F3INO4P. The molecule has 0 fully saturated rings. The first-order valence-electron chi connectivity index (χ1n) is 10.2. The summed E-state index contributed by atoms with van der Waals surface area (Å²) in [5, 5.41) is 8.77. The van der Waals surface area contributed by atoms with Crippen LogP contribution in [0.15, 0.2) is 38.7 Å². The molecule has 5 rings (SSSR count). The molecule has 0 spiro atoms. The molecule has 1 aliphatic carbocycles. The number of halogens is 4. The molecule has 2 aromatic heterocycles. The standard InChI is InChI=1S/C25H12F3INO4P/c1-2-9-3-12-13(4-10(9)8-30)24(32)14(23(12)31)5-11-6-15-16(33-11)7-17(34-15)18-19(26)25(35)21(28)20(27)22(18)29/h3-7H,2,35H2,1H3/b14-5-. The second-order valence-electron chi connectivity index (χ2n) is 7.77. The van der Waals surface area contributed by atoms with E-state index in [2.05, 4.69) is 0 Å². The van der Waals surface area contributed by atoms with Gasteiger partial charge in [-0.15, -0.1) is 0 Å². The van der Waals surface area contributed by atoms with Crippen LogP contribution in [0.4, 0.5) is 13.2 Å². The second-order valence-corrected chi connectivity index (χ2v) is 9.43. The molecule has 4 aromatic rings. The van der Waals surface area contributed by atoms with E-state index in [-0.39, 0.29) is 48.5 Å². The Morgan fingerprint density at radius 1 is 1.00 bits per heavy atom. The Hall–Kier alpha value is -3.22. The van der Waals surface area contributed by atoms with Crippen LogP contribution in [0.25, 0.3) is 28.6 Å². The maximum atomic E-state index is 14.7. The Bertz CT molecular complexity index is 1630. The van der Waals surface area contributed by atoms with Crippen LogP contribution in [0, 0.1) is 32.4 Å². The molecule has 0 N–H and O–H groups in total. The van der Waals surface area contributed by atoms with Gasteiger partial charge in [0, 0.05) is 28.6 Å². The number of nitriles is 1. The summed E-state index contributed by atoms with van der Waals surface area (Å²) >= 11 is 1.49. The molecule has 1 atom stereocenters. The number of fused-ring (bicyclic) bond motifs is 2. The van der Waals surface area contributed by atoms with Crippen molar-refractivity contribution in [3.8, 4) is 17.4 Å². The maximum Gasteiger partial charge on any atom is 0.197 e. The van der Waals surface area contributed by atoms with E-state index in [1.54, 1.807) is 6.07 Å². The average Bonchev–Trinajstić information content (AvgIpc) is 3.47. The summed E-state index contributed by atoms with van der Waals surface area (Å²) in [6.45, 7) is 1.85. The molecule has 2 aromatic carbocycles. The molecule has 5 nitrogen and oxygen atoms in total. The highest BCUT2D eigenvalue weighted by molar-refractivity contribution is 14.1. The van der Waals surface area contributed by atoms with Crippen molar-refractivity contribution in [2.45, 2.75) is 13.3 Å². The number of carbonyl (C=O) groups excluding carboxylic acids is 2. The first-order chi connectivity index (χ1) is 16.7. The fourth-order valence-corrected chi connectivity index (χ4v) is 5.01. The van der Waals surface area contributed by atoms with Crippen LogP contribution < -0.4 is 5.30 Å². The van der Waals surface area contributed by atoms with Gasteiger partial charge in [-0.2, -0.15) is 5.26 Å². The highest BCUT2D eigenvalue weighted by atomic mass is 127. The summed E-state index contributed by atoms with van der Waals surface area (Å²) in [5.41, 5.74) is 1.34. The van der Waals surface area contributed by atoms with Crippen LogP contribution in [0.1, 0.15) is 44.5 Å². The van der Waals surface area contributed by atoms with E-state index in [1.807, 2.05) is 22.2 Å². The fraction of sp³-hybridized carbons (Fsp3) is 0.0800. The molecule has 0 saturated heterocycles. The zero-order chi connectivity index (χ0) is 25.2. The largest absolute Gasteiger partial charge is 0.453 e. The lowest BCUT2D eigenvalue weighted by atomic mass is 9.99. The van der Waals surface area contributed by atoms with Gasteiger partial charge in [-0.25, -0.2) is 13.2 Å². The van der Waals surface area contributed by atoms with Gasteiger partial charge < -0.3 is 8.83 Å². The minimum atomic E-state index is -1.30. The quantitative estimate of drug-likeness (QED) is 0.0703. The molecule has 1 unspecified atom stereocenters. The van der Waals surface area contributed by atoms with Gasteiger partial charge in [0.05, 0.1) is 26.3 Å². The van der Waals surface area contributed by atoms with Crippen LogP contribution in [0.5, 0.6) is 0 Å². The zero-order valence-corrected chi connectivity index (χ0v) is 21.1. The lowest BCUT2D eigenvalue weighted by Crippen LogP contribution is -2.12. The van der Waals surface area contributed by atoms with Crippen molar-refractivity contribution in [2.75, 3.05) is 0 Å². The zero-order valence-electron chi connectivity index (χ0n) is 17.8. The van der Waals surface area contributed by atoms with Crippen molar-refractivity contribution in [1.82, 2.24) is 0 Å². The number of hydrogen-bond acceptors (Lipinski definition) is 5. The molecule has 0 radical (unpaired) electrons. The van der Waals surface area contributed by atoms with E-state index in [4.69, 9.17) is 8.83 Å². The highest BCUT2D eigenvalue weighted by Crippen LogP contribution is 2.37. The summed E-state index contributed by atoms with van der Waals surface area (Å²) in [6.07, 6.45) is 1.81. The molecule has 35 heavy (non-hydrogen) atoms. The van der Waals surface area contributed by atoms with E-state index in [0.717, 1.165) is 0 Å². The Labute approximate surface area is 211 Å². The molecule has 174 valence electrons. The predicted molar refractivity (Wildman–Crippen MR) is 133 cm³/mol. The summed E-state index contributed by atoms with van der Waals surface area (Å²) < 4.78 is 53.6. The number of hydrogen-bond donors (Lipinski definition) is 0. The van der Waals surface area contributed by atoms with Gasteiger partial charge in [0.25, 0.3) is 0 Å². The summed E-state index contributed by atoms with van der Waals surface area (Å²) in [7, 11) is 1.83. The van der Waals surface area contributed by atoms with Gasteiger partial charge in [-0.1, -0.05) is 16.2 Å². The smallest absolute Gasteiger partial charge is 0.197 e. The normalized spacial score (nSPS) is 14.3. The fourth-order valence-electron chi connectivity index (χ4n) is 4.00. The second kappa shape index (κ2) is 8.47. The van der Waals surface area contributed by atoms with Gasteiger partial charge in [-0.3, -0.25) is 9.59 Å². The summed E-state index contributed by atoms with van der Waals surface area (Å²) in [4.78, 5) is 25.8. The maximum absolute atomic E-state index is 14.7. The van der Waals surface area contributed by atoms with Crippen LogP contribution in [-0.4, -0.2) is 11.6 Å². The predicted octanol–water partition coefficient (Wildman–Crippen LogP) is 6.11. The third-order valence-electron chi connectivity index (χ3n) is 5.78. The lowest BCUT2D eigenvalue weighted by molar-refractivity contribution is 0.0990. The van der Waals surface area contributed by atoms with Gasteiger partial charge in [0.1, 0.15) is 17.3 Å². The van der Waals surface area contributed by atoms with Crippen molar-refractivity contribution < 1.29 is 31.6 Å². The van der Waals surface area contributed by atoms with E-state index in [9.17, 15) is 28.0 Å². The van der Waals surface area contributed by atoms with Crippen molar-refractivity contribution in [3.63, 3.8) is 0 Å². The van der Waals surface area contributed by atoms with Gasteiger partial charge >= 0.3 is 0 Å². The molecule has 10 heteroatoms. The topological polar surface area (TPSA) is 84.2 Å². The molecule has 2 heterocycles. The van der Waals surface area contributed by atoms with Crippen molar-refractivity contribution >= 4 is 65.9 Å². The number of aryl methyl sites for hydroxylation is 1. The van der Waals surface area contributed by atoms with Crippen molar-refractivity contribution in [3.05, 3.63) is 78.9 Å². The number of nitrogens with zero attached hydrogens (tertiary/aromatic N) is 1. The molecule has 0 amide bonds. The molecule has 0 bridgehead atoms. The van der Waals surface area contributed by atoms with E-state index >= 15 is 0 Å². The van der Waals surface area contributed by atoms with Gasteiger partial charge in [-0.05, 0) is 52.8 Å². The minimum absolute atomic E-state index is 0.0704. The van der Waals surface area contributed by atoms with Crippen LogP contribution in [0.3, 0.4) is 0 Å². The highest BCUT2D eigenvalue weighted by Gasteiger charge is 2.34. The Balaban J connectivity index is 1.54. The number of allylic oxidation sites excluding steroid dienone is 1. The first kappa shape index (κ1) is 23.5. The number of benzene rings is 2. The van der Waals surface area contributed by atoms with Crippen LogP contribution in [0.2, 0.25) is 0 Å². The summed E-state index contributed by atoms with van der Waals surface area (Å²) in [6, 6.07) is 7.75. The molecular weight excluding hydrogens is 593 g/mol. The number of carbonyl (C=O) groups is 2. The Kier molecular flexibility index (Phi) is 5.69. The molecule has 1 aliphatic rings. The van der Waals surface area contributed by atoms with E-state index in [0.29, 0.717) is 17.5 Å². The Morgan fingerprint density at radius 2 is 1.66 bits per heavy atom. The van der Waals surface area contributed by atoms with Crippen LogP contribution in [-0.2, 0) is 6.42 Å². The van der Waals surface area contributed by atoms with Crippen molar-refractivity contribution in [2.24, 2.45) is 0 Å². The molecule has 0 aliphatic heterocycles. The van der Waals surface area contributed by atoms with Gasteiger partial charge in [0.2, 0.25) is 0 Å². The lowest BCUT2D eigenvalue weighted by Gasteiger charge is -2.08. The molecule has 0 saturated carbocycles. The third kappa shape index (κ3) is 3.55. The summed E-state index contributed by atoms with van der Waals surface area (Å²) in [5.74, 6) is -4.43. The van der Waals surface area contributed by atoms with E-state index < -0.39 is 34.3 Å². The minimum Gasteiger partial charge on any atom is -0.453 e. The third-order valence-corrected chi connectivity index (χ3v) is 7.30. The monoisotopic (exact) mass is 605 g/mol. The number of Topliss-reactive ketones (excluding diaryl/α,β-unsaturated/α-hetero) is 2. The Morgan fingerprint density at radius 3 is 2.29 bits per heavy atom. The van der Waals surface area contributed by atoms with Gasteiger partial charge in [0.15, 0.2) is 34.4 Å². The van der Waals surface area contributed by atoms with E-state index in [1.165, 1.54) is 46.9 Å².